The van der Waals surface area contributed by atoms with E-state index in [0.29, 0.717) is 0 Å². The third kappa shape index (κ3) is 7.65. The van der Waals surface area contributed by atoms with E-state index in [2.05, 4.69) is 10.1 Å². The number of rotatable bonds is 5. The fourth-order valence-corrected chi connectivity index (χ4v) is 1.19. The highest BCUT2D eigenvalue weighted by molar-refractivity contribution is 5.86. The van der Waals surface area contributed by atoms with E-state index in [1.807, 2.05) is 0 Å². The number of esters is 1. The second kappa shape index (κ2) is 6.98. The molecule has 104 valence electrons. The van der Waals surface area contributed by atoms with Crippen molar-refractivity contribution < 1.29 is 23.9 Å². The molecule has 0 spiro atoms. The van der Waals surface area contributed by atoms with E-state index in [1.54, 1.807) is 20.8 Å². The Balaban J connectivity index is 4.32. The number of nitrogens with one attached hydrogen (secondary N) is 1. The molecule has 0 saturated carbocycles. The summed E-state index contributed by atoms with van der Waals surface area (Å²) in [6.45, 7) is 6.52. The van der Waals surface area contributed by atoms with Crippen molar-refractivity contribution in [2.24, 2.45) is 0 Å². The number of ether oxygens (including phenoxy) is 2. The van der Waals surface area contributed by atoms with E-state index < -0.39 is 23.7 Å². The number of methoxy groups -OCH3 is 1. The number of alkyl carbamates (subject to hydrolysis) is 1. The third-order valence-electron chi connectivity index (χ3n) is 2.05. The number of Topliss-reactive ketones (excluding diaryl/α,β-unsaturated/α-hetero) is 1. The second-order valence-electron chi connectivity index (χ2n) is 4.92. The summed E-state index contributed by atoms with van der Waals surface area (Å²) in [7, 11) is 1.27. The minimum Gasteiger partial charge on any atom is -0.469 e. The van der Waals surface area contributed by atoms with Crippen molar-refractivity contribution >= 4 is 17.8 Å². The van der Waals surface area contributed by atoms with Crippen molar-refractivity contribution in [1.29, 1.82) is 0 Å². The lowest BCUT2D eigenvalue weighted by molar-refractivity contribution is -0.140. The molecule has 0 saturated heterocycles. The molecule has 6 heteroatoms. The van der Waals surface area contributed by atoms with Gasteiger partial charge in [0.1, 0.15) is 5.60 Å². The summed E-state index contributed by atoms with van der Waals surface area (Å²) in [6, 6.07) is -0.737. The zero-order valence-electron chi connectivity index (χ0n) is 11.5. The molecule has 1 unspecified atom stereocenters. The summed E-state index contributed by atoms with van der Waals surface area (Å²) < 4.78 is 9.50. The van der Waals surface area contributed by atoms with Crippen LogP contribution in [0.2, 0.25) is 0 Å². The van der Waals surface area contributed by atoms with Crippen LogP contribution >= 0.6 is 0 Å². The van der Waals surface area contributed by atoms with Crippen molar-refractivity contribution in [3.63, 3.8) is 0 Å². The Labute approximate surface area is 107 Å². The van der Waals surface area contributed by atoms with Crippen LogP contribution < -0.4 is 5.32 Å². The number of ketones is 1. The summed E-state index contributed by atoms with van der Waals surface area (Å²) >= 11 is 0. The first-order valence-electron chi connectivity index (χ1n) is 5.72. The van der Waals surface area contributed by atoms with Gasteiger partial charge in [-0.15, -0.1) is 0 Å². The zero-order chi connectivity index (χ0) is 14.3. The molecule has 1 amide bonds. The molecule has 0 aromatic rings. The van der Waals surface area contributed by atoms with Crippen molar-refractivity contribution in [1.82, 2.24) is 5.32 Å². The van der Waals surface area contributed by atoms with Crippen LogP contribution in [-0.4, -0.2) is 36.6 Å². The maximum absolute atomic E-state index is 11.5. The maximum Gasteiger partial charge on any atom is 0.408 e. The molecule has 1 N–H and O–H groups in total. The van der Waals surface area contributed by atoms with Gasteiger partial charge in [0.05, 0.1) is 13.2 Å². The van der Waals surface area contributed by atoms with Crippen LogP contribution in [0.5, 0.6) is 0 Å². The third-order valence-corrected chi connectivity index (χ3v) is 2.05. The second-order valence-corrected chi connectivity index (χ2v) is 4.92. The predicted octanol–water partition coefficient (Wildman–Crippen LogP) is 1.42. The highest BCUT2D eigenvalue weighted by Crippen LogP contribution is 2.08. The minimum atomic E-state index is -0.737. The first-order chi connectivity index (χ1) is 8.15. The fraction of sp³-hybridized carbons (Fsp3) is 0.750. The van der Waals surface area contributed by atoms with Gasteiger partial charge in [-0.3, -0.25) is 9.59 Å². The zero-order valence-corrected chi connectivity index (χ0v) is 11.5. The molecule has 0 bridgehead atoms. The molecule has 6 nitrogen and oxygen atoms in total. The van der Waals surface area contributed by atoms with Crippen LogP contribution in [0.1, 0.15) is 40.5 Å². The smallest absolute Gasteiger partial charge is 0.408 e. The van der Waals surface area contributed by atoms with E-state index >= 15 is 0 Å². The SMILES string of the molecule is COC(=O)CCC(NC(=O)OC(C)(C)C)C(C)=O. The molecule has 0 fully saturated rings. The van der Waals surface area contributed by atoms with E-state index in [4.69, 9.17) is 4.74 Å². The molecule has 0 radical (unpaired) electrons. The summed E-state index contributed by atoms with van der Waals surface area (Å²) in [5, 5.41) is 2.43. The number of hydrogen-bond donors (Lipinski definition) is 1. The molecule has 0 aliphatic heterocycles. The van der Waals surface area contributed by atoms with Gasteiger partial charge in [-0.2, -0.15) is 0 Å². The van der Waals surface area contributed by atoms with Crippen LogP contribution in [0.25, 0.3) is 0 Å². The number of amides is 1. The number of hydrogen-bond acceptors (Lipinski definition) is 5. The van der Waals surface area contributed by atoms with Gasteiger partial charge in [0.2, 0.25) is 0 Å². The van der Waals surface area contributed by atoms with E-state index in [9.17, 15) is 14.4 Å². The van der Waals surface area contributed by atoms with Gasteiger partial charge in [0.15, 0.2) is 5.78 Å². The normalized spacial score (nSPS) is 12.5. The standard InChI is InChI=1S/C12H21NO5/c1-8(14)9(6-7-10(15)17-5)13-11(16)18-12(2,3)4/h9H,6-7H2,1-5H3,(H,13,16). The van der Waals surface area contributed by atoms with E-state index in [1.165, 1.54) is 14.0 Å². The minimum absolute atomic E-state index is 0.0660. The monoisotopic (exact) mass is 259 g/mol. The van der Waals surface area contributed by atoms with Crippen molar-refractivity contribution in [3.05, 3.63) is 0 Å². The van der Waals surface area contributed by atoms with Crippen LogP contribution in [0.15, 0.2) is 0 Å². The highest BCUT2D eigenvalue weighted by atomic mass is 16.6. The van der Waals surface area contributed by atoms with Crippen molar-refractivity contribution in [2.45, 2.75) is 52.2 Å². The molecule has 0 aromatic carbocycles. The van der Waals surface area contributed by atoms with E-state index in [0.717, 1.165) is 0 Å². The van der Waals surface area contributed by atoms with E-state index in [-0.39, 0.29) is 18.6 Å². The lowest BCUT2D eigenvalue weighted by atomic mass is 10.1. The van der Waals surface area contributed by atoms with Gasteiger partial charge in [0.25, 0.3) is 0 Å². The van der Waals surface area contributed by atoms with Crippen LogP contribution in [0.4, 0.5) is 4.79 Å². The summed E-state index contributed by atoms with van der Waals surface area (Å²) in [5.74, 6) is -0.656. The summed E-state index contributed by atoms with van der Waals surface area (Å²) in [4.78, 5) is 33.8. The number of carbonyl (C=O) groups excluding carboxylic acids is 3. The Morgan fingerprint density at radius 3 is 2.17 bits per heavy atom. The lowest BCUT2D eigenvalue weighted by Gasteiger charge is -2.22. The van der Waals surface area contributed by atoms with Crippen LogP contribution in [0, 0.1) is 0 Å². The first-order valence-corrected chi connectivity index (χ1v) is 5.72. The molecule has 0 rings (SSSR count). The van der Waals surface area contributed by atoms with Gasteiger partial charge < -0.3 is 14.8 Å². The molecule has 0 aliphatic carbocycles. The molecule has 0 aliphatic rings. The maximum atomic E-state index is 11.5. The Bertz CT molecular complexity index is 319. The van der Waals surface area contributed by atoms with Crippen molar-refractivity contribution in [2.75, 3.05) is 7.11 Å². The fourth-order valence-electron chi connectivity index (χ4n) is 1.19. The summed E-state index contributed by atoms with van der Waals surface area (Å²) in [5.41, 5.74) is -0.631. The molecule has 1 atom stereocenters. The van der Waals surface area contributed by atoms with Crippen LogP contribution in [-0.2, 0) is 19.1 Å². The quantitative estimate of drug-likeness (QED) is 0.755. The average molecular weight is 259 g/mol. The van der Waals surface area contributed by atoms with Gasteiger partial charge in [0, 0.05) is 6.42 Å². The predicted molar refractivity (Wildman–Crippen MR) is 65.1 cm³/mol. The van der Waals surface area contributed by atoms with Crippen LogP contribution in [0.3, 0.4) is 0 Å². The largest absolute Gasteiger partial charge is 0.469 e. The first kappa shape index (κ1) is 16.4. The van der Waals surface area contributed by atoms with Gasteiger partial charge in [-0.25, -0.2) is 4.79 Å². The highest BCUT2D eigenvalue weighted by Gasteiger charge is 2.22. The van der Waals surface area contributed by atoms with Gasteiger partial charge in [-0.05, 0) is 34.1 Å². The molecular formula is C12H21NO5. The molecule has 18 heavy (non-hydrogen) atoms. The average Bonchev–Trinajstić information content (AvgIpc) is 2.20. The summed E-state index contributed by atoms with van der Waals surface area (Å²) in [6.07, 6.45) is -0.412. The number of carbonyl (C=O) groups is 3. The van der Waals surface area contributed by atoms with Gasteiger partial charge >= 0.3 is 12.1 Å². The molecule has 0 aromatic heterocycles. The van der Waals surface area contributed by atoms with Gasteiger partial charge in [-0.1, -0.05) is 0 Å². The lowest BCUT2D eigenvalue weighted by Crippen LogP contribution is -2.42. The molecule has 0 heterocycles. The Morgan fingerprint density at radius 1 is 1.22 bits per heavy atom. The molecular weight excluding hydrogens is 238 g/mol. The Kier molecular flexibility index (Phi) is 6.36. The topological polar surface area (TPSA) is 81.7 Å². The Morgan fingerprint density at radius 2 is 1.78 bits per heavy atom. The Hall–Kier alpha value is -1.59. The van der Waals surface area contributed by atoms with Crippen molar-refractivity contribution in [3.8, 4) is 0 Å².